The molecule has 0 unspecified atom stereocenters. The van der Waals surface area contributed by atoms with E-state index in [4.69, 9.17) is 4.74 Å². The molecule has 7 nitrogen and oxygen atoms in total. The molecule has 0 atom stereocenters. The van der Waals surface area contributed by atoms with Gasteiger partial charge in [0.1, 0.15) is 5.60 Å². The molecule has 2 rings (SSSR count). The molecular formula is C16H23FN4O3. The molecule has 1 aromatic heterocycles. The van der Waals surface area contributed by atoms with E-state index in [1.54, 1.807) is 27.0 Å². The second kappa shape index (κ2) is 7.46. The Morgan fingerprint density at radius 2 is 2.17 bits per heavy atom. The van der Waals surface area contributed by atoms with Crippen LogP contribution in [-0.4, -0.2) is 40.0 Å². The molecule has 132 valence electrons. The lowest BCUT2D eigenvalue weighted by atomic mass is 10.2. The summed E-state index contributed by atoms with van der Waals surface area (Å²) in [7, 11) is 0. The number of nitrogens with zero attached hydrogens (tertiary/aromatic N) is 2. The van der Waals surface area contributed by atoms with Gasteiger partial charge in [-0.25, -0.2) is 9.18 Å². The van der Waals surface area contributed by atoms with Crippen molar-refractivity contribution >= 4 is 12.0 Å². The topological polar surface area (TPSA) is 85.2 Å². The van der Waals surface area contributed by atoms with E-state index in [2.05, 4.69) is 15.7 Å². The minimum absolute atomic E-state index is 0.00508. The van der Waals surface area contributed by atoms with Gasteiger partial charge in [0.2, 0.25) is 0 Å². The SMILES string of the molecule is CC(C)(C)OC(=O)NC/C(=C\F)Cn1cc(C(=O)NC2CC2)cn1. The van der Waals surface area contributed by atoms with Crippen LogP contribution in [0.25, 0.3) is 0 Å². The lowest BCUT2D eigenvalue weighted by molar-refractivity contribution is 0.0532. The lowest BCUT2D eigenvalue weighted by Gasteiger charge is -2.20. The molecule has 1 fully saturated rings. The molecule has 24 heavy (non-hydrogen) atoms. The number of alkyl carbamates (subject to hydrolysis) is 1. The van der Waals surface area contributed by atoms with Crippen molar-refractivity contribution in [3.8, 4) is 0 Å². The number of carbonyl (C=O) groups is 2. The standard InChI is InChI=1S/C16H23FN4O3/c1-16(2,3)24-15(23)18-7-11(6-17)9-21-10-12(8-19-21)14(22)20-13-4-5-13/h6,8,10,13H,4-5,7,9H2,1-3H3,(H,18,23)(H,20,22)/b11-6+. The Bertz CT molecular complexity index is 630. The molecule has 2 amide bonds. The fraction of sp³-hybridized carbons (Fsp3) is 0.562. The zero-order valence-electron chi connectivity index (χ0n) is 14.1. The second-order valence-corrected chi connectivity index (χ2v) is 6.80. The number of rotatable bonds is 6. The number of hydrogen-bond acceptors (Lipinski definition) is 4. The van der Waals surface area contributed by atoms with Gasteiger partial charge in [0, 0.05) is 18.8 Å². The van der Waals surface area contributed by atoms with Crippen LogP contribution in [0.5, 0.6) is 0 Å². The molecule has 1 aliphatic rings. The molecule has 1 saturated carbocycles. The Morgan fingerprint density at radius 1 is 1.46 bits per heavy atom. The number of ether oxygens (including phenoxy) is 1. The molecule has 0 saturated heterocycles. The van der Waals surface area contributed by atoms with Crippen LogP contribution in [0.3, 0.4) is 0 Å². The van der Waals surface area contributed by atoms with Gasteiger partial charge in [-0.05, 0) is 39.2 Å². The van der Waals surface area contributed by atoms with E-state index in [0.717, 1.165) is 12.8 Å². The summed E-state index contributed by atoms with van der Waals surface area (Å²) in [6.45, 7) is 5.36. The van der Waals surface area contributed by atoms with Crippen LogP contribution in [-0.2, 0) is 11.3 Å². The van der Waals surface area contributed by atoms with Crippen molar-refractivity contribution in [2.75, 3.05) is 6.54 Å². The summed E-state index contributed by atoms with van der Waals surface area (Å²) in [5.74, 6) is -0.179. The number of nitrogens with one attached hydrogen (secondary N) is 2. The Kier molecular flexibility index (Phi) is 5.58. The first-order chi connectivity index (χ1) is 11.3. The highest BCUT2D eigenvalue weighted by Crippen LogP contribution is 2.19. The summed E-state index contributed by atoms with van der Waals surface area (Å²) in [6, 6.07) is 0.264. The van der Waals surface area contributed by atoms with E-state index in [-0.39, 0.29) is 25.0 Å². The number of carbonyl (C=O) groups excluding carboxylic acids is 2. The Balaban J connectivity index is 1.83. The van der Waals surface area contributed by atoms with Crippen LogP contribution in [0.1, 0.15) is 44.0 Å². The van der Waals surface area contributed by atoms with Gasteiger partial charge in [-0.3, -0.25) is 9.48 Å². The average molecular weight is 338 g/mol. The van der Waals surface area contributed by atoms with Gasteiger partial charge in [-0.15, -0.1) is 0 Å². The summed E-state index contributed by atoms with van der Waals surface area (Å²) < 4.78 is 19.5. The molecule has 0 spiro atoms. The molecule has 8 heteroatoms. The number of amides is 2. The van der Waals surface area contributed by atoms with Crippen LogP contribution in [0.15, 0.2) is 24.3 Å². The Morgan fingerprint density at radius 3 is 2.75 bits per heavy atom. The molecule has 2 N–H and O–H groups in total. The van der Waals surface area contributed by atoms with E-state index in [1.165, 1.54) is 10.9 Å². The van der Waals surface area contributed by atoms with Crippen LogP contribution in [0.2, 0.25) is 0 Å². The molecule has 1 aromatic rings. The van der Waals surface area contributed by atoms with Crippen molar-refractivity contribution in [1.82, 2.24) is 20.4 Å². The highest BCUT2D eigenvalue weighted by atomic mass is 19.1. The maximum atomic E-state index is 13.0. The largest absolute Gasteiger partial charge is 0.444 e. The summed E-state index contributed by atoms with van der Waals surface area (Å²) in [5.41, 5.74) is 0.119. The summed E-state index contributed by atoms with van der Waals surface area (Å²) in [6.07, 6.45) is 4.80. The zero-order valence-corrected chi connectivity index (χ0v) is 14.1. The van der Waals surface area contributed by atoms with Crippen LogP contribution >= 0.6 is 0 Å². The third-order valence-electron chi connectivity index (χ3n) is 3.19. The van der Waals surface area contributed by atoms with E-state index >= 15 is 0 Å². The van der Waals surface area contributed by atoms with E-state index in [0.29, 0.717) is 17.5 Å². The van der Waals surface area contributed by atoms with Crippen molar-refractivity contribution in [2.45, 2.75) is 51.8 Å². The maximum Gasteiger partial charge on any atom is 0.407 e. The van der Waals surface area contributed by atoms with Crippen molar-refractivity contribution < 1.29 is 18.7 Å². The molecule has 1 heterocycles. The highest BCUT2D eigenvalue weighted by Gasteiger charge is 2.24. The summed E-state index contributed by atoms with van der Waals surface area (Å²) >= 11 is 0. The van der Waals surface area contributed by atoms with E-state index in [1.807, 2.05) is 0 Å². The van der Waals surface area contributed by atoms with Gasteiger partial charge < -0.3 is 15.4 Å². The first kappa shape index (κ1) is 18.0. The van der Waals surface area contributed by atoms with Gasteiger partial charge in [-0.1, -0.05) is 0 Å². The van der Waals surface area contributed by atoms with Crippen molar-refractivity contribution in [1.29, 1.82) is 0 Å². The highest BCUT2D eigenvalue weighted by molar-refractivity contribution is 5.94. The maximum absolute atomic E-state index is 13.0. The Hall–Kier alpha value is -2.38. The summed E-state index contributed by atoms with van der Waals surface area (Å²) in [5, 5.41) is 9.39. The van der Waals surface area contributed by atoms with Crippen molar-refractivity contribution in [3.63, 3.8) is 0 Å². The second-order valence-electron chi connectivity index (χ2n) is 6.80. The monoisotopic (exact) mass is 338 g/mol. The van der Waals surface area contributed by atoms with Gasteiger partial charge in [0.15, 0.2) is 0 Å². The first-order valence-corrected chi connectivity index (χ1v) is 7.85. The third-order valence-corrected chi connectivity index (χ3v) is 3.19. The van der Waals surface area contributed by atoms with Gasteiger partial charge in [0.05, 0.1) is 24.6 Å². The quantitative estimate of drug-likeness (QED) is 0.832. The lowest BCUT2D eigenvalue weighted by Crippen LogP contribution is -2.34. The number of hydrogen-bond donors (Lipinski definition) is 2. The van der Waals surface area contributed by atoms with Crippen LogP contribution < -0.4 is 10.6 Å². The predicted molar refractivity (Wildman–Crippen MR) is 86.1 cm³/mol. The average Bonchev–Trinajstić information content (AvgIpc) is 3.16. The third kappa shape index (κ3) is 6.02. The smallest absolute Gasteiger partial charge is 0.407 e. The minimum atomic E-state index is -0.619. The van der Waals surface area contributed by atoms with E-state index < -0.39 is 11.7 Å². The molecule has 1 aliphatic carbocycles. The minimum Gasteiger partial charge on any atom is -0.444 e. The van der Waals surface area contributed by atoms with E-state index in [9.17, 15) is 14.0 Å². The van der Waals surface area contributed by atoms with Gasteiger partial charge in [-0.2, -0.15) is 5.10 Å². The molecular weight excluding hydrogens is 315 g/mol. The van der Waals surface area contributed by atoms with Crippen molar-refractivity contribution in [3.05, 3.63) is 29.9 Å². The normalized spacial score (nSPS) is 15.1. The molecule has 0 aromatic carbocycles. The fourth-order valence-corrected chi connectivity index (χ4v) is 1.90. The van der Waals surface area contributed by atoms with Gasteiger partial charge >= 0.3 is 6.09 Å². The first-order valence-electron chi connectivity index (χ1n) is 7.85. The number of aromatic nitrogens is 2. The number of halogens is 1. The van der Waals surface area contributed by atoms with Crippen LogP contribution in [0, 0.1) is 0 Å². The molecule has 0 bridgehead atoms. The van der Waals surface area contributed by atoms with Crippen LogP contribution in [0.4, 0.5) is 9.18 Å². The fourth-order valence-electron chi connectivity index (χ4n) is 1.90. The van der Waals surface area contributed by atoms with Gasteiger partial charge in [0.25, 0.3) is 5.91 Å². The zero-order chi connectivity index (χ0) is 17.7. The molecule has 0 radical (unpaired) electrons. The van der Waals surface area contributed by atoms with Crippen molar-refractivity contribution in [2.24, 2.45) is 0 Å². The Labute approximate surface area is 140 Å². The molecule has 0 aliphatic heterocycles. The predicted octanol–water partition coefficient (Wildman–Crippen LogP) is 2.15. The summed E-state index contributed by atoms with van der Waals surface area (Å²) in [4.78, 5) is 23.5.